The van der Waals surface area contributed by atoms with E-state index in [-0.39, 0.29) is 6.04 Å². The van der Waals surface area contributed by atoms with Gasteiger partial charge in [-0.1, -0.05) is 54.6 Å². The quantitative estimate of drug-likeness (QED) is 0.412. The van der Waals surface area contributed by atoms with Crippen LogP contribution in [0.5, 0.6) is 0 Å². The number of benzene rings is 2. The van der Waals surface area contributed by atoms with Crippen molar-refractivity contribution in [3.8, 4) is 0 Å². The summed E-state index contributed by atoms with van der Waals surface area (Å²) in [6, 6.07) is 17.0. The molecule has 25 heavy (non-hydrogen) atoms. The molecule has 2 unspecified atom stereocenters. The van der Waals surface area contributed by atoms with E-state index in [0.717, 1.165) is 16.7 Å². The van der Waals surface area contributed by atoms with Gasteiger partial charge in [0, 0.05) is 18.2 Å². The molecule has 0 heterocycles. The fraction of sp³-hybridized carbons (Fsp3) is 0.300. The molecule has 0 saturated heterocycles. The van der Waals surface area contributed by atoms with Gasteiger partial charge in [-0.15, -0.1) is 0 Å². The first-order valence-corrected chi connectivity index (χ1v) is 8.27. The zero-order valence-electron chi connectivity index (χ0n) is 14.9. The Kier molecular flexibility index (Phi) is 6.44. The fourth-order valence-electron chi connectivity index (χ4n) is 2.68. The number of hydroxylamine groups is 1. The van der Waals surface area contributed by atoms with Crippen LogP contribution in [0.15, 0.2) is 54.6 Å². The zero-order chi connectivity index (χ0) is 18.4. The van der Waals surface area contributed by atoms with Crippen LogP contribution in [0.3, 0.4) is 0 Å². The molecule has 0 aliphatic carbocycles. The Morgan fingerprint density at radius 2 is 1.64 bits per heavy atom. The Hall–Kier alpha value is -2.50. The number of carbonyl (C=O) groups is 1. The summed E-state index contributed by atoms with van der Waals surface area (Å²) in [5, 5.41) is 17.4. The van der Waals surface area contributed by atoms with E-state index in [1.165, 1.54) is 0 Å². The van der Waals surface area contributed by atoms with Crippen molar-refractivity contribution in [1.82, 2.24) is 10.4 Å². The monoisotopic (exact) mass is 339 g/mol. The highest BCUT2D eigenvalue weighted by Gasteiger charge is 2.22. The van der Waals surface area contributed by atoms with Crippen molar-refractivity contribution in [2.75, 3.05) is 14.1 Å². The summed E-state index contributed by atoms with van der Waals surface area (Å²) in [5.74, 6) is -1.06. The summed E-state index contributed by atoms with van der Waals surface area (Å²) in [7, 11) is 4.00. The zero-order valence-corrected chi connectivity index (χ0v) is 14.9. The van der Waals surface area contributed by atoms with Crippen LogP contribution in [0.2, 0.25) is 0 Å². The van der Waals surface area contributed by atoms with Gasteiger partial charge in [-0.3, -0.25) is 10.0 Å². The predicted molar refractivity (Wildman–Crippen MR) is 99.3 cm³/mol. The first-order valence-electron chi connectivity index (χ1n) is 8.27. The largest absolute Gasteiger partial charge is 0.306 e. The number of nitrogens with one attached hydrogen (secondary N) is 2. The molecule has 2 aromatic carbocycles. The van der Waals surface area contributed by atoms with Gasteiger partial charge in [0.05, 0.1) is 5.92 Å². The number of hydrogen-bond donors (Lipinski definition) is 3. The highest BCUT2D eigenvalue weighted by molar-refractivity contribution is 5.98. The average Bonchev–Trinajstić information content (AvgIpc) is 2.63. The Labute approximate surface area is 148 Å². The van der Waals surface area contributed by atoms with E-state index in [1.54, 1.807) is 5.48 Å². The maximum Gasteiger partial charge on any atom is 0.255 e. The van der Waals surface area contributed by atoms with Crippen molar-refractivity contribution >= 4 is 11.6 Å². The van der Waals surface area contributed by atoms with Crippen LogP contribution >= 0.6 is 0 Å². The second kappa shape index (κ2) is 8.55. The van der Waals surface area contributed by atoms with Crippen molar-refractivity contribution in [1.29, 1.82) is 5.41 Å². The molecule has 0 saturated carbocycles. The van der Waals surface area contributed by atoms with E-state index in [2.05, 4.69) is 11.8 Å². The van der Waals surface area contributed by atoms with Crippen molar-refractivity contribution in [2.24, 2.45) is 0 Å². The molecule has 2 aromatic rings. The van der Waals surface area contributed by atoms with Crippen LogP contribution in [0.25, 0.3) is 0 Å². The van der Waals surface area contributed by atoms with Crippen molar-refractivity contribution in [3.63, 3.8) is 0 Å². The molecule has 5 heteroatoms. The second-order valence-electron chi connectivity index (χ2n) is 6.44. The van der Waals surface area contributed by atoms with Gasteiger partial charge in [-0.2, -0.15) is 0 Å². The van der Waals surface area contributed by atoms with Gasteiger partial charge in [0.15, 0.2) is 0 Å². The predicted octanol–water partition coefficient (Wildman–Crippen LogP) is 3.03. The molecule has 0 spiro atoms. The lowest BCUT2D eigenvalue weighted by atomic mass is 9.89. The van der Waals surface area contributed by atoms with Gasteiger partial charge < -0.3 is 10.3 Å². The Bertz CT molecular complexity index is 711. The van der Waals surface area contributed by atoms with Gasteiger partial charge >= 0.3 is 0 Å². The van der Waals surface area contributed by atoms with Crippen molar-refractivity contribution in [3.05, 3.63) is 71.3 Å². The molecule has 0 fully saturated rings. The third kappa shape index (κ3) is 4.75. The van der Waals surface area contributed by atoms with Crippen LogP contribution in [0.1, 0.15) is 36.0 Å². The molecule has 2 rings (SSSR count). The number of hydrogen-bond acceptors (Lipinski definition) is 4. The summed E-state index contributed by atoms with van der Waals surface area (Å²) in [6.45, 7) is 2.08. The van der Waals surface area contributed by atoms with Gasteiger partial charge in [0.2, 0.25) is 0 Å². The molecule has 0 aromatic heterocycles. The average molecular weight is 339 g/mol. The van der Waals surface area contributed by atoms with E-state index in [0.29, 0.717) is 12.1 Å². The summed E-state index contributed by atoms with van der Waals surface area (Å²) < 4.78 is 0. The molecule has 0 aliphatic heterocycles. The molecular weight excluding hydrogens is 314 g/mol. The van der Waals surface area contributed by atoms with Gasteiger partial charge in [-0.25, -0.2) is 5.48 Å². The number of nitrogens with zero attached hydrogens (tertiary/aromatic N) is 1. The molecule has 0 aliphatic rings. The number of carbonyl (C=O) groups excluding carboxylic acids is 1. The second-order valence-corrected chi connectivity index (χ2v) is 6.44. The van der Waals surface area contributed by atoms with Gasteiger partial charge in [0.25, 0.3) is 5.91 Å². The van der Waals surface area contributed by atoms with Crippen LogP contribution < -0.4 is 5.48 Å². The first-order chi connectivity index (χ1) is 11.9. The standard InChI is InChI=1S/C20H25N3O2/c1-14(23(2)3)13-18(21)15-9-11-17(12-10-15)19(20(24)22-25)16-7-5-4-6-8-16/h4-12,14,19,21,25H,13H2,1-3H3,(H,22,24). The van der Waals surface area contributed by atoms with E-state index in [1.807, 2.05) is 68.7 Å². The lowest BCUT2D eigenvalue weighted by molar-refractivity contribution is -0.129. The van der Waals surface area contributed by atoms with Crippen LogP contribution in [0.4, 0.5) is 0 Å². The van der Waals surface area contributed by atoms with Crippen LogP contribution in [-0.4, -0.2) is 41.9 Å². The molecule has 2 atom stereocenters. The minimum atomic E-state index is -0.588. The van der Waals surface area contributed by atoms with Crippen molar-refractivity contribution < 1.29 is 10.0 Å². The van der Waals surface area contributed by atoms with Crippen molar-refractivity contribution in [2.45, 2.75) is 25.3 Å². The highest BCUT2D eigenvalue weighted by Crippen LogP contribution is 2.25. The van der Waals surface area contributed by atoms with Crippen LogP contribution in [0, 0.1) is 5.41 Å². The summed E-state index contributed by atoms with van der Waals surface area (Å²) in [6.07, 6.45) is 0.658. The maximum absolute atomic E-state index is 12.1. The Morgan fingerprint density at radius 1 is 1.08 bits per heavy atom. The number of rotatable bonds is 7. The Balaban J connectivity index is 2.24. The maximum atomic E-state index is 12.1. The SMILES string of the molecule is CC(CC(=N)c1ccc(C(C(=O)NO)c2ccccc2)cc1)N(C)C. The normalized spacial score (nSPS) is 13.3. The molecule has 1 amide bonds. The molecule has 3 N–H and O–H groups in total. The molecule has 0 radical (unpaired) electrons. The van der Waals surface area contributed by atoms with E-state index in [4.69, 9.17) is 10.6 Å². The van der Waals surface area contributed by atoms with Crippen LogP contribution in [-0.2, 0) is 4.79 Å². The first kappa shape index (κ1) is 18.8. The lowest BCUT2D eigenvalue weighted by Gasteiger charge is -2.20. The third-order valence-corrected chi connectivity index (χ3v) is 4.48. The molecule has 0 bridgehead atoms. The third-order valence-electron chi connectivity index (χ3n) is 4.48. The van der Waals surface area contributed by atoms with Gasteiger partial charge in [-0.05, 0) is 37.7 Å². The molecule has 132 valence electrons. The summed E-state index contributed by atoms with van der Waals surface area (Å²) in [5.41, 5.74) is 4.73. The smallest absolute Gasteiger partial charge is 0.255 e. The fourth-order valence-corrected chi connectivity index (χ4v) is 2.68. The lowest BCUT2D eigenvalue weighted by Crippen LogP contribution is -2.27. The van der Waals surface area contributed by atoms with Gasteiger partial charge in [0.1, 0.15) is 0 Å². The Morgan fingerprint density at radius 3 is 2.16 bits per heavy atom. The minimum Gasteiger partial charge on any atom is -0.306 e. The summed E-state index contributed by atoms with van der Waals surface area (Å²) in [4.78, 5) is 14.2. The van der Waals surface area contributed by atoms with E-state index >= 15 is 0 Å². The summed E-state index contributed by atoms with van der Waals surface area (Å²) >= 11 is 0. The topological polar surface area (TPSA) is 76.4 Å². The molecular formula is C20H25N3O2. The molecule has 5 nitrogen and oxygen atoms in total. The number of amides is 1. The van der Waals surface area contributed by atoms with E-state index in [9.17, 15) is 4.79 Å². The van der Waals surface area contributed by atoms with E-state index < -0.39 is 11.8 Å². The minimum absolute atomic E-state index is 0.282. The highest BCUT2D eigenvalue weighted by atomic mass is 16.5.